The van der Waals surface area contributed by atoms with Gasteiger partial charge in [0.05, 0.1) is 29.5 Å². The molecule has 5 rings (SSSR count). The van der Waals surface area contributed by atoms with Gasteiger partial charge in [-0.2, -0.15) is 4.31 Å². The first-order valence-electron chi connectivity index (χ1n) is 12.5. The SMILES string of the molecule is O=S(=O)(c1ccc(-c2csc(=Nc3ccc(OC(F)(F)Cl)cc3)n2CCc2ccccc2)cc1)N1CCOCC1. The standard InChI is InChI=1S/C28H26ClF2N3O4S2/c29-28(30,31)38-24-10-8-23(9-11-24)32-27-34(15-14-21-4-2-1-3-5-21)26(20-39-27)22-6-12-25(13-7-22)40(35,36)33-16-18-37-19-17-33/h1-13,20H,14-19H2. The summed E-state index contributed by atoms with van der Waals surface area (Å²) in [5.74, 6) is -0.0742. The highest BCUT2D eigenvalue weighted by Gasteiger charge is 2.28. The number of aryl methyl sites for hydroxylation is 1. The number of rotatable bonds is 9. The Hall–Kier alpha value is -3.09. The predicted molar refractivity (Wildman–Crippen MR) is 151 cm³/mol. The summed E-state index contributed by atoms with van der Waals surface area (Å²) in [5, 5.41) is 1.97. The minimum Gasteiger partial charge on any atom is -0.420 e. The quantitative estimate of drug-likeness (QED) is 0.223. The van der Waals surface area contributed by atoms with E-state index in [4.69, 9.17) is 21.3 Å². The van der Waals surface area contributed by atoms with Crippen LogP contribution in [0, 0.1) is 0 Å². The summed E-state index contributed by atoms with van der Waals surface area (Å²) in [7, 11) is -3.60. The average Bonchev–Trinajstić information content (AvgIpc) is 3.35. The molecule has 7 nitrogen and oxygen atoms in total. The van der Waals surface area contributed by atoms with Crippen LogP contribution < -0.4 is 9.54 Å². The van der Waals surface area contributed by atoms with Crippen LogP contribution in [0.3, 0.4) is 0 Å². The minimum absolute atomic E-state index is 0.0742. The van der Waals surface area contributed by atoms with Gasteiger partial charge in [0.2, 0.25) is 10.0 Å². The molecule has 3 aromatic carbocycles. The van der Waals surface area contributed by atoms with Gasteiger partial charge in [0.15, 0.2) is 4.80 Å². The predicted octanol–water partition coefficient (Wildman–Crippen LogP) is 5.88. The van der Waals surface area contributed by atoms with Crippen LogP contribution in [0.15, 0.2) is 94.1 Å². The first-order chi connectivity index (χ1) is 19.2. The molecule has 0 aliphatic carbocycles. The molecule has 1 aliphatic rings. The summed E-state index contributed by atoms with van der Waals surface area (Å²) in [4.78, 5) is 5.68. The van der Waals surface area contributed by atoms with E-state index in [1.54, 1.807) is 36.4 Å². The molecule has 4 aromatic rings. The van der Waals surface area contributed by atoms with Gasteiger partial charge in [-0.25, -0.2) is 13.4 Å². The Bertz CT molecular complexity index is 1600. The number of hydrogen-bond donors (Lipinski definition) is 0. The maximum absolute atomic E-state index is 13.1. The molecule has 1 fully saturated rings. The number of halogens is 3. The Morgan fingerprint density at radius 1 is 0.975 bits per heavy atom. The summed E-state index contributed by atoms with van der Waals surface area (Å²) in [6, 6.07) is 22.8. The first kappa shape index (κ1) is 28.4. The zero-order valence-corrected chi connectivity index (χ0v) is 23.6. The molecule has 0 atom stereocenters. The number of nitrogens with zero attached hydrogens (tertiary/aromatic N) is 3. The van der Waals surface area contributed by atoms with Crippen molar-refractivity contribution in [3.05, 3.63) is 94.6 Å². The molecular formula is C28H26ClF2N3O4S2. The summed E-state index contributed by atoms with van der Waals surface area (Å²) in [5.41, 5.74) is -0.345. The van der Waals surface area contributed by atoms with Crippen LogP contribution in [0.4, 0.5) is 14.5 Å². The molecule has 0 saturated carbocycles. The van der Waals surface area contributed by atoms with Crippen LogP contribution >= 0.6 is 22.9 Å². The maximum Gasteiger partial charge on any atom is 0.487 e. The van der Waals surface area contributed by atoms with Gasteiger partial charge >= 0.3 is 5.57 Å². The number of sulfonamides is 1. The Balaban J connectivity index is 1.46. The fourth-order valence-electron chi connectivity index (χ4n) is 4.32. The van der Waals surface area contributed by atoms with Crippen LogP contribution in [0.1, 0.15) is 5.56 Å². The molecule has 0 N–H and O–H groups in total. The largest absolute Gasteiger partial charge is 0.487 e. The third-order valence-electron chi connectivity index (χ3n) is 6.32. The van der Waals surface area contributed by atoms with E-state index in [1.165, 1.54) is 27.8 Å². The fraction of sp³-hybridized carbons (Fsp3) is 0.250. The van der Waals surface area contributed by atoms with Gasteiger partial charge in [0.1, 0.15) is 5.75 Å². The second-order valence-electron chi connectivity index (χ2n) is 8.99. The van der Waals surface area contributed by atoms with E-state index in [9.17, 15) is 17.2 Å². The van der Waals surface area contributed by atoms with E-state index in [2.05, 4.69) is 21.4 Å². The lowest BCUT2D eigenvalue weighted by Crippen LogP contribution is -2.40. The lowest BCUT2D eigenvalue weighted by molar-refractivity contribution is -0.0964. The van der Waals surface area contributed by atoms with Gasteiger partial charge in [-0.05, 0) is 53.9 Å². The van der Waals surface area contributed by atoms with Crippen LogP contribution in [-0.4, -0.2) is 49.2 Å². The Kier molecular flexibility index (Phi) is 8.67. The van der Waals surface area contributed by atoms with Crippen LogP contribution in [0.2, 0.25) is 0 Å². The number of ether oxygens (including phenoxy) is 2. The third kappa shape index (κ3) is 6.97. The minimum atomic E-state index is -3.79. The molecule has 210 valence electrons. The number of benzene rings is 3. The van der Waals surface area contributed by atoms with Crippen molar-refractivity contribution >= 4 is 38.6 Å². The van der Waals surface area contributed by atoms with Gasteiger partial charge in [0.25, 0.3) is 0 Å². The maximum atomic E-state index is 13.1. The average molecular weight is 606 g/mol. The molecule has 0 radical (unpaired) electrons. The van der Waals surface area contributed by atoms with Crippen molar-refractivity contribution < 1.29 is 26.7 Å². The molecule has 1 aliphatic heterocycles. The number of thiazole rings is 1. The molecule has 0 bridgehead atoms. The van der Waals surface area contributed by atoms with Crippen molar-refractivity contribution in [1.82, 2.24) is 8.87 Å². The number of hydrogen-bond acceptors (Lipinski definition) is 6. The summed E-state index contributed by atoms with van der Waals surface area (Å²) >= 11 is 6.29. The molecule has 12 heteroatoms. The highest BCUT2D eigenvalue weighted by Crippen LogP contribution is 2.28. The van der Waals surface area contributed by atoms with Crippen molar-refractivity contribution in [2.24, 2.45) is 4.99 Å². The molecule has 2 heterocycles. The van der Waals surface area contributed by atoms with Gasteiger partial charge < -0.3 is 14.0 Å². The molecule has 1 aromatic heterocycles. The normalized spacial score (nSPS) is 15.3. The van der Waals surface area contributed by atoms with Crippen molar-refractivity contribution in [3.8, 4) is 17.0 Å². The number of alkyl halides is 3. The van der Waals surface area contributed by atoms with Crippen LogP contribution in [0.5, 0.6) is 5.75 Å². The van der Waals surface area contributed by atoms with Gasteiger partial charge in [-0.15, -0.1) is 20.1 Å². The van der Waals surface area contributed by atoms with Crippen molar-refractivity contribution in [3.63, 3.8) is 0 Å². The molecular weight excluding hydrogens is 580 g/mol. The Labute approximate surface area is 239 Å². The summed E-state index contributed by atoms with van der Waals surface area (Å²) < 4.78 is 65.2. The summed E-state index contributed by atoms with van der Waals surface area (Å²) in [6.07, 6.45) is 0.749. The topological polar surface area (TPSA) is 73.1 Å². The van der Waals surface area contributed by atoms with E-state index in [-0.39, 0.29) is 10.6 Å². The number of aromatic nitrogens is 1. The van der Waals surface area contributed by atoms with Gasteiger partial charge in [0, 0.05) is 36.6 Å². The lowest BCUT2D eigenvalue weighted by Gasteiger charge is -2.26. The Morgan fingerprint density at radius 2 is 1.65 bits per heavy atom. The third-order valence-corrected chi connectivity index (χ3v) is 9.17. The van der Waals surface area contributed by atoms with Gasteiger partial charge in [-0.3, -0.25) is 0 Å². The van der Waals surface area contributed by atoms with E-state index in [0.717, 1.165) is 23.2 Å². The fourth-order valence-corrected chi connectivity index (χ4v) is 6.77. The zero-order chi connectivity index (χ0) is 28.2. The van der Waals surface area contributed by atoms with Gasteiger partial charge in [-0.1, -0.05) is 42.5 Å². The zero-order valence-electron chi connectivity index (χ0n) is 21.3. The Morgan fingerprint density at radius 3 is 2.30 bits per heavy atom. The van der Waals surface area contributed by atoms with E-state index in [1.807, 2.05) is 23.6 Å². The van der Waals surface area contributed by atoms with Crippen LogP contribution in [0.25, 0.3) is 11.3 Å². The second-order valence-corrected chi connectivity index (χ2v) is 12.2. The highest BCUT2D eigenvalue weighted by molar-refractivity contribution is 7.89. The smallest absolute Gasteiger partial charge is 0.420 e. The lowest BCUT2D eigenvalue weighted by atomic mass is 10.1. The number of morpholine rings is 1. The monoisotopic (exact) mass is 605 g/mol. The van der Waals surface area contributed by atoms with Crippen molar-refractivity contribution in [1.29, 1.82) is 0 Å². The molecule has 0 unspecified atom stereocenters. The molecule has 1 saturated heterocycles. The first-order valence-corrected chi connectivity index (χ1v) is 15.2. The van der Waals surface area contributed by atoms with Crippen molar-refractivity contribution in [2.75, 3.05) is 26.3 Å². The van der Waals surface area contributed by atoms with Crippen LogP contribution in [-0.2, 0) is 27.7 Å². The van der Waals surface area contributed by atoms with E-state index in [0.29, 0.717) is 43.3 Å². The molecule has 40 heavy (non-hydrogen) atoms. The second kappa shape index (κ2) is 12.2. The van der Waals surface area contributed by atoms with Crippen molar-refractivity contribution in [2.45, 2.75) is 23.4 Å². The van der Waals surface area contributed by atoms with E-state index >= 15 is 0 Å². The molecule has 0 amide bonds. The molecule has 0 spiro atoms. The summed E-state index contributed by atoms with van der Waals surface area (Å²) in [6.45, 7) is 2.06. The highest BCUT2D eigenvalue weighted by atomic mass is 35.5. The van der Waals surface area contributed by atoms with E-state index < -0.39 is 15.6 Å².